The van der Waals surface area contributed by atoms with Crippen LogP contribution in [0, 0.1) is 5.92 Å². The Bertz CT molecular complexity index is 466. The van der Waals surface area contributed by atoms with E-state index in [1.807, 2.05) is 4.90 Å². The molecule has 1 aliphatic heterocycles. The lowest BCUT2D eigenvalue weighted by Crippen LogP contribution is -2.34. The van der Waals surface area contributed by atoms with Crippen molar-refractivity contribution in [3.8, 4) is 0 Å². The molecule has 2 atom stereocenters. The summed E-state index contributed by atoms with van der Waals surface area (Å²) >= 11 is 9.27. The molecule has 0 spiro atoms. The van der Waals surface area contributed by atoms with Gasteiger partial charge in [-0.3, -0.25) is 4.79 Å². The van der Waals surface area contributed by atoms with E-state index in [-0.39, 0.29) is 11.9 Å². The summed E-state index contributed by atoms with van der Waals surface area (Å²) in [6.07, 6.45) is 0.980. The maximum absolute atomic E-state index is 12.5. The van der Waals surface area contributed by atoms with Gasteiger partial charge in [0.2, 0.25) is 0 Å². The van der Waals surface area contributed by atoms with E-state index in [4.69, 9.17) is 17.3 Å². The Kier molecular flexibility index (Phi) is 4.30. The third kappa shape index (κ3) is 2.71. The van der Waals surface area contributed by atoms with Crippen LogP contribution in [0.4, 0.5) is 0 Å². The van der Waals surface area contributed by atoms with Crippen LogP contribution in [0.3, 0.4) is 0 Å². The minimum atomic E-state index is 0.0435. The highest BCUT2D eigenvalue weighted by atomic mass is 79.9. The molecule has 1 heterocycles. The lowest BCUT2D eigenvalue weighted by molar-refractivity contribution is 0.0742. The molecule has 2 N–H and O–H groups in total. The Morgan fingerprint density at radius 3 is 2.89 bits per heavy atom. The second kappa shape index (κ2) is 5.59. The zero-order chi connectivity index (χ0) is 13.3. The fraction of sp³-hybridized carbons (Fsp3) is 0.462. The number of amides is 1. The van der Waals surface area contributed by atoms with Crippen LogP contribution in [0.5, 0.6) is 0 Å². The highest BCUT2D eigenvalue weighted by Crippen LogP contribution is 2.28. The van der Waals surface area contributed by atoms with Gasteiger partial charge in [-0.15, -0.1) is 0 Å². The molecule has 18 heavy (non-hydrogen) atoms. The first-order valence-electron chi connectivity index (χ1n) is 5.99. The Morgan fingerprint density at radius 2 is 2.33 bits per heavy atom. The molecule has 0 bridgehead atoms. The molecule has 1 aromatic carbocycles. The first-order chi connectivity index (χ1) is 8.52. The zero-order valence-electron chi connectivity index (χ0n) is 10.2. The molecule has 0 aromatic heterocycles. The summed E-state index contributed by atoms with van der Waals surface area (Å²) in [5.41, 5.74) is 6.34. The van der Waals surface area contributed by atoms with Crippen LogP contribution in [0.25, 0.3) is 0 Å². The molecular weight excluding hydrogens is 316 g/mol. The van der Waals surface area contributed by atoms with Gasteiger partial charge in [-0.2, -0.15) is 0 Å². The van der Waals surface area contributed by atoms with E-state index < -0.39 is 0 Å². The number of carbonyl (C=O) groups excluding carboxylic acids is 1. The minimum Gasteiger partial charge on any atom is -0.336 e. The van der Waals surface area contributed by atoms with Crippen molar-refractivity contribution in [2.45, 2.75) is 19.4 Å². The number of hydrogen-bond donors (Lipinski definition) is 1. The van der Waals surface area contributed by atoms with Gasteiger partial charge in [0, 0.05) is 22.1 Å². The van der Waals surface area contributed by atoms with E-state index in [1.54, 1.807) is 18.2 Å². The van der Waals surface area contributed by atoms with Crippen molar-refractivity contribution in [1.82, 2.24) is 4.90 Å². The molecule has 3 nitrogen and oxygen atoms in total. The Morgan fingerprint density at radius 1 is 1.61 bits per heavy atom. The van der Waals surface area contributed by atoms with Crippen LogP contribution in [0.2, 0.25) is 5.02 Å². The Balaban J connectivity index is 2.21. The molecular formula is C13H16BrClN2O. The first kappa shape index (κ1) is 13.8. The maximum atomic E-state index is 12.5. The average Bonchev–Trinajstić information content (AvgIpc) is 2.70. The fourth-order valence-corrected chi connectivity index (χ4v) is 3.27. The first-order valence-corrected chi connectivity index (χ1v) is 7.16. The largest absolute Gasteiger partial charge is 0.336 e. The van der Waals surface area contributed by atoms with E-state index in [0.717, 1.165) is 17.4 Å². The monoisotopic (exact) mass is 330 g/mol. The van der Waals surface area contributed by atoms with Crippen LogP contribution >= 0.6 is 27.5 Å². The number of benzene rings is 1. The van der Waals surface area contributed by atoms with Crippen molar-refractivity contribution >= 4 is 33.4 Å². The van der Waals surface area contributed by atoms with Crippen molar-refractivity contribution < 1.29 is 4.79 Å². The summed E-state index contributed by atoms with van der Waals surface area (Å²) in [6, 6.07) is 5.49. The zero-order valence-corrected chi connectivity index (χ0v) is 12.5. The highest BCUT2D eigenvalue weighted by molar-refractivity contribution is 9.10. The van der Waals surface area contributed by atoms with Crippen LogP contribution in [-0.2, 0) is 0 Å². The third-order valence-electron chi connectivity index (χ3n) is 3.42. The lowest BCUT2D eigenvalue weighted by Gasteiger charge is -2.22. The van der Waals surface area contributed by atoms with Crippen LogP contribution in [-0.4, -0.2) is 29.9 Å². The number of hydrogen-bond acceptors (Lipinski definition) is 2. The number of carbonyl (C=O) groups is 1. The SMILES string of the molecule is CC1CC(CN)CN1C(=O)c1ccc(Cl)cc1Br. The van der Waals surface area contributed by atoms with Gasteiger partial charge < -0.3 is 10.6 Å². The second-order valence-corrected chi connectivity index (χ2v) is 6.06. The van der Waals surface area contributed by atoms with Crippen molar-refractivity contribution in [1.29, 1.82) is 0 Å². The van der Waals surface area contributed by atoms with Crippen molar-refractivity contribution in [3.05, 3.63) is 33.3 Å². The quantitative estimate of drug-likeness (QED) is 0.905. The average molecular weight is 332 g/mol. The summed E-state index contributed by atoms with van der Waals surface area (Å²) in [4.78, 5) is 14.4. The van der Waals surface area contributed by atoms with Crippen LogP contribution in [0.1, 0.15) is 23.7 Å². The van der Waals surface area contributed by atoms with Gasteiger partial charge in [-0.05, 0) is 59.9 Å². The lowest BCUT2D eigenvalue weighted by atomic mass is 10.1. The minimum absolute atomic E-state index is 0.0435. The number of halogens is 2. The van der Waals surface area contributed by atoms with Crippen LogP contribution < -0.4 is 5.73 Å². The van der Waals surface area contributed by atoms with Gasteiger partial charge in [0.25, 0.3) is 5.91 Å². The smallest absolute Gasteiger partial charge is 0.255 e. The summed E-state index contributed by atoms with van der Waals surface area (Å²) in [5.74, 6) is 0.456. The summed E-state index contributed by atoms with van der Waals surface area (Å²) < 4.78 is 0.739. The van der Waals surface area contributed by atoms with Gasteiger partial charge in [0.05, 0.1) is 5.56 Å². The van der Waals surface area contributed by atoms with E-state index in [2.05, 4.69) is 22.9 Å². The summed E-state index contributed by atoms with van der Waals surface area (Å²) in [5, 5.41) is 0.618. The molecule has 0 saturated carbocycles. The molecule has 1 saturated heterocycles. The molecule has 1 amide bonds. The van der Waals surface area contributed by atoms with E-state index in [1.165, 1.54) is 0 Å². The van der Waals surface area contributed by atoms with Crippen molar-refractivity contribution in [2.24, 2.45) is 11.7 Å². The predicted octanol–water partition coefficient (Wildman–Crippen LogP) is 2.91. The summed E-state index contributed by atoms with van der Waals surface area (Å²) in [6.45, 7) is 3.44. The van der Waals surface area contributed by atoms with Gasteiger partial charge in [0.1, 0.15) is 0 Å². The Labute approximate surface area is 120 Å². The molecule has 0 aliphatic carbocycles. The molecule has 2 unspecified atom stereocenters. The number of nitrogens with zero attached hydrogens (tertiary/aromatic N) is 1. The predicted molar refractivity (Wildman–Crippen MR) is 76.8 cm³/mol. The van der Waals surface area contributed by atoms with Crippen molar-refractivity contribution in [2.75, 3.05) is 13.1 Å². The maximum Gasteiger partial charge on any atom is 0.255 e. The normalized spacial score (nSPS) is 23.4. The standard InChI is InChI=1S/C13H16BrClN2O/c1-8-4-9(6-16)7-17(8)13(18)11-3-2-10(15)5-12(11)14/h2-3,5,8-9H,4,6-7,16H2,1H3. The highest BCUT2D eigenvalue weighted by Gasteiger charge is 2.32. The molecule has 2 rings (SSSR count). The second-order valence-electron chi connectivity index (χ2n) is 4.77. The van der Waals surface area contributed by atoms with Crippen LogP contribution in [0.15, 0.2) is 22.7 Å². The molecule has 1 aromatic rings. The molecule has 5 heteroatoms. The molecule has 1 aliphatic rings. The summed E-state index contributed by atoms with van der Waals surface area (Å²) in [7, 11) is 0. The molecule has 98 valence electrons. The fourth-order valence-electron chi connectivity index (χ4n) is 2.41. The van der Waals surface area contributed by atoms with Gasteiger partial charge in [0.15, 0.2) is 0 Å². The molecule has 1 fully saturated rings. The van der Waals surface area contributed by atoms with Crippen molar-refractivity contribution in [3.63, 3.8) is 0 Å². The number of nitrogens with two attached hydrogens (primary N) is 1. The topological polar surface area (TPSA) is 46.3 Å². The number of rotatable bonds is 2. The molecule has 0 radical (unpaired) electrons. The van der Waals surface area contributed by atoms with Gasteiger partial charge in [-0.25, -0.2) is 0 Å². The van der Waals surface area contributed by atoms with Gasteiger partial charge >= 0.3 is 0 Å². The van der Waals surface area contributed by atoms with Gasteiger partial charge in [-0.1, -0.05) is 11.6 Å². The van der Waals surface area contributed by atoms with E-state index in [0.29, 0.717) is 23.0 Å². The Hall–Kier alpha value is -0.580. The number of likely N-dealkylation sites (tertiary alicyclic amines) is 1. The van der Waals surface area contributed by atoms with E-state index >= 15 is 0 Å². The third-order valence-corrected chi connectivity index (χ3v) is 4.31. The van der Waals surface area contributed by atoms with E-state index in [9.17, 15) is 4.79 Å².